The van der Waals surface area contributed by atoms with Crippen molar-refractivity contribution < 1.29 is 4.79 Å². The van der Waals surface area contributed by atoms with Crippen molar-refractivity contribution in [3.05, 3.63) is 41.3 Å². The molecular formula is C16H19N7O2. The van der Waals surface area contributed by atoms with Gasteiger partial charge in [-0.1, -0.05) is 0 Å². The van der Waals surface area contributed by atoms with Crippen LogP contribution in [0, 0.1) is 0 Å². The Morgan fingerprint density at radius 2 is 2.24 bits per heavy atom. The van der Waals surface area contributed by atoms with Crippen LogP contribution < -0.4 is 5.56 Å². The first-order valence-corrected chi connectivity index (χ1v) is 8.27. The van der Waals surface area contributed by atoms with Gasteiger partial charge in [0.2, 0.25) is 5.91 Å². The molecule has 9 nitrogen and oxygen atoms in total. The predicted octanol–water partition coefficient (Wildman–Crippen LogP) is 0.0177. The maximum absolute atomic E-state index is 12.7. The average molecular weight is 341 g/mol. The Bertz CT molecular complexity index is 957. The molecule has 0 N–H and O–H groups in total. The Morgan fingerprint density at radius 3 is 3.04 bits per heavy atom. The maximum Gasteiger partial charge on any atom is 0.264 e. The van der Waals surface area contributed by atoms with E-state index in [0.29, 0.717) is 24.1 Å². The first-order chi connectivity index (χ1) is 12.1. The fourth-order valence-corrected chi connectivity index (χ4v) is 3.39. The largest absolute Gasteiger partial charge is 0.336 e. The maximum atomic E-state index is 12.7. The highest BCUT2D eigenvalue weighted by molar-refractivity contribution is 5.77. The molecule has 130 valence electrons. The third-order valence-electron chi connectivity index (χ3n) is 4.68. The van der Waals surface area contributed by atoms with E-state index < -0.39 is 0 Å². The normalized spacial score (nSPS) is 17.5. The first-order valence-electron chi connectivity index (χ1n) is 8.27. The third kappa shape index (κ3) is 2.81. The number of aryl methyl sites for hydroxylation is 1. The van der Waals surface area contributed by atoms with Gasteiger partial charge in [0.1, 0.15) is 18.3 Å². The molecule has 3 aromatic heterocycles. The standard InChI is InChI=1S/C16H19N7O2/c1-20-15-13(8-19-20)16(25)21(11-17-15)10-14(24)23-7-2-4-12(23)9-22-6-3-5-18-22/h3,5-6,8,11-12H,2,4,7,9-10H2,1H3/t12-/m0/s1. The summed E-state index contributed by atoms with van der Waals surface area (Å²) >= 11 is 0. The van der Waals surface area contributed by atoms with E-state index in [-0.39, 0.29) is 24.1 Å². The summed E-state index contributed by atoms with van der Waals surface area (Å²) in [5, 5.41) is 8.68. The van der Waals surface area contributed by atoms with Gasteiger partial charge in [-0.05, 0) is 18.9 Å². The molecular weight excluding hydrogens is 322 g/mol. The second-order valence-electron chi connectivity index (χ2n) is 6.29. The molecule has 1 saturated heterocycles. The van der Waals surface area contributed by atoms with E-state index in [9.17, 15) is 9.59 Å². The fourth-order valence-electron chi connectivity index (χ4n) is 3.39. The summed E-state index contributed by atoms with van der Waals surface area (Å²) in [6.45, 7) is 1.38. The van der Waals surface area contributed by atoms with E-state index in [4.69, 9.17) is 0 Å². The monoisotopic (exact) mass is 341 g/mol. The minimum absolute atomic E-state index is 0.00766. The molecule has 9 heteroatoms. The summed E-state index contributed by atoms with van der Waals surface area (Å²) in [5.41, 5.74) is 0.278. The van der Waals surface area contributed by atoms with E-state index in [1.165, 1.54) is 17.1 Å². The molecule has 4 heterocycles. The van der Waals surface area contributed by atoms with E-state index in [1.54, 1.807) is 17.9 Å². The Balaban J connectivity index is 1.53. The number of aromatic nitrogens is 6. The number of hydrogen-bond donors (Lipinski definition) is 0. The zero-order valence-corrected chi connectivity index (χ0v) is 13.9. The van der Waals surface area contributed by atoms with Gasteiger partial charge in [0.25, 0.3) is 5.56 Å². The van der Waals surface area contributed by atoms with Crippen LogP contribution in [0.4, 0.5) is 0 Å². The van der Waals surface area contributed by atoms with Crippen LogP contribution in [-0.4, -0.2) is 52.5 Å². The zero-order valence-electron chi connectivity index (χ0n) is 13.9. The molecule has 0 radical (unpaired) electrons. The first kappa shape index (κ1) is 15.6. The van der Waals surface area contributed by atoms with Crippen molar-refractivity contribution in [1.29, 1.82) is 0 Å². The van der Waals surface area contributed by atoms with Gasteiger partial charge in [-0.25, -0.2) is 4.98 Å². The molecule has 0 spiro atoms. The predicted molar refractivity (Wildman–Crippen MR) is 89.7 cm³/mol. The van der Waals surface area contributed by atoms with Crippen LogP contribution in [0.25, 0.3) is 11.0 Å². The summed E-state index contributed by atoms with van der Waals surface area (Å²) in [6.07, 6.45) is 8.44. The molecule has 3 aromatic rings. The van der Waals surface area contributed by atoms with Crippen molar-refractivity contribution in [3.8, 4) is 0 Å². The number of likely N-dealkylation sites (tertiary alicyclic amines) is 1. The number of hydrogen-bond acceptors (Lipinski definition) is 5. The fraction of sp³-hybridized carbons (Fsp3) is 0.438. The second kappa shape index (κ2) is 6.15. The number of carbonyl (C=O) groups excluding carboxylic acids is 1. The zero-order chi connectivity index (χ0) is 17.4. The van der Waals surface area contributed by atoms with Gasteiger partial charge in [0, 0.05) is 26.0 Å². The highest BCUT2D eigenvalue weighted by atomic mass is 16.2. The van der Waals surface area contributed by atoms with Gasteiger partial charge >= 0.3 is 0 Å². The van der Waals surface area contributed by atoms with E-state index >= 15 is 0 Å². The van der Waals surface area contributed by atoms with Gasteiger partial charge in [-0.15, -0.1) is 0 Å². The number of fused-ring (bicyclic) bond motifs is 1. The lowest BCUT2D eigenvalue weighted by atomic mass is 10.2. The number of carbonyl (C=O) groups is 1. The molecule has 0 bridgehead atoms. The van der Waals surface area contributed by atoms with Gasteiger partial charge in [-0.2, -0.15) is 10.2 Å². The van der Waals surface area contributed by atoms with Crippen LogP contribution in [0.3, 0.4) is 0 Å². The van der Waals surface area contributed by atoms with Crippen molar-refractivity contribution in [2.75, 3.05) is 6.54 Å². The van der Waals surface area contributed by atoms with Crippen LogP contribution in [0.5, 0.6) is 0 Å². The molecule has 1 aliphatic rings. The Hall–Kier alpha value is -2.97. The van der Waals surface area contributed by atoms with Crippen LogP contribution in [0.1, 0.15) is 12.8 Å². The van der Waals surface area contributed by atoms with Crippen molar-refractivity contribution in [2.45, 2.75) is 32.0 Å². The van der Waals surface area contributed by atoms with Crippen LogP contribution >= 0.6 is 0 Å². The molecule has 1 amide bonds. The average Bonchev–Trinajstić information content (AvgIpc) is 3.33. The smallest absolute Gasteiger partial charge is 0.264 e. The van der Waals surface area contributed by atoms with E-state index in [1.807, 2.05) is 21.8 Å². The van der Waals surface area contributed by atoms with Crippen LogP contribution in [0.15, 0.2) is 35.8 Å². The van der Waals surface area contributed by atoms with Crippen molar-refractivity contribution in [1.82, 2.24) is 34.0 Å². The number of amides is 1. The molecule has 0 aromatic carbocycles. The van der Waals surface area contributed by atoms with Crippen LogP contribution in [0.2, 0.25) is 0 Å². The Labute approximate surface area is 143 Å². The second-order valence-corrected chi connectivity index (χ2v) is 6.29. The molecule has 4 rings (SSSR count). The lowest BCUT2D eigenvalue weighted by Gasteiger charge is -2.25. The minimum Gasteiger partial charge on any atom is -0.336 e. The topological polar surface area (TPSA) is 90.8 Å². The summed E-state index contributed by atoms with van der Waals surface area (Å²) in [7, 11) is 1.73. The minimum atomic E-state index is -0.241. The number of rotatable bonds is 4. The highest BCUT2D eigenvalue weighted by Gasteiger charge is 2.29. The summed E-state index contributed by atoms with van der Waals surface area (Å²) in [6, 6.07) is 1.98. The van der Waals surface area contributed by atoms with Crippen molar-refractivity contribution in [3.63, 3.8) is 0 Å². The molecule has 0 aliphatic carbocycles. The van der Waals surface area contributed by atoms with Gasteiger partial charge < -0.3 is 4.90 Å². The summed E-state index contributed by atoms with van der Waals surface area (Å²) in [5.74, 6) is -0.0678. The Morgan fingerprint density at radius 1 is 1.36 bits per heavy atom. The molecule has 0 unspecified atom stereocenters. The summed E-state index contributed by atoms with van der Waals surface area (Å²) in [4.78, 5) is 31.3. The van der Waals surface area contributed by atoms with Gasteiger partial charge in [-0.3, -0.25) is 23.5 Å². The van der Waals surface area contributed by atoms with Gasteiger partial charge in [0.15, 0.2) is 5.65 Å². The third-order valence-corrected chi connectivity index (χ3v) is 4.68. The molecule has 1 fully saturated rings. The number of nitrogens with zero attached hydrogens (tertiary/aromatic N) is 7. The SMILES string of the molecule is Cn1ncc2c(=O)n(CC(=O)N3CCC[C@H]3Cn3cccn3)cnc21. The molecule has 1 aliphatic heterocycles. The molecule has 25 heavy (non-hydrogen) atoms. The molecule has 1 atom stereocenters. The van der Waals surface area contributed by atoms with Crippen LogP contribution in [-0.2, 0) is 24.9 Å². The Kier molecular flexibility index (Phi) is 3.83. The summed E-state index contributed by atoms with van der Waals surface area (Å²) < 4.78 is 4.74. The van der Waals surface area contributed by atoms with Crippen molar-refractivity contribution >= 4 is 16.9 Å². The van der Waals surface area contributed by atoms with E-state index in [0.717, 1.165) is 12.8 Å². The van der Waals surface area contributed by atoms with E-state index in [2.05, 4.69) is 15.2 Å². The van der Waals surface area contributed by atoms with Gasteiger partial charge in [0.05, 0.1) is 18.8 Å². The lowest BCUT2D eigenvalue weighted by Crippen LogP contribution is -2.41. The molecule has 0 saturated carbocycles. The highest BCUT2D eigenvalue weighted by Crippen LogP contribution is 2.19. The lowest BCUT2D eigenvalue weighted by molar-refractivity contribution is -0.133. The quantitative estimate of drug-likeness (QED) is 0.667. The van der Waals surface area contributed by atoms with Crippen molar-refractivity contribution in [2.24, 2.45) is 7.05 Å².